The van der Waals surface area contributed by atoms with E-state index in [1.165, 1.54) is 5.04 Å². The molecule has 0 saturated carbocycles. The van der Waals surface area contributed by atoms with Crippen LogP contribution < -0.4 is 0 Å². The molecule has 1 unspecified atom stereocenters. The molecule has 1 nitrogen and oxygen atoms in total. The van der Waals surface area contributed by atoms with Gasteiger partial charge in [0.1, 0.15) is 0 Å². The number of thioether (sulfide) groups is 1. The SMILES string of the molecule is CC1=NC(CCl)CS1.Cl. The summed E-state index contributed by atoms with van der Waals surface area (Å²) in [6, 6.07) is 0.390. The summed E-state index contributed by atoms with van der Waals surface area (Å²) in [5.74, 6) is 1.75. The maximum atomic E-state index is 5.55. The van der Waals surface area contributed by atoms with Gasteiger partial charge in [-0.1, -0.05) is 0 Å². The highest BCUT2D eigenvalue weighted by Crippen LogP contribution is 2.17. The molecule has 1 aliphatic rings. The van der Waals surface area contributed by atoms with Gasteiger partial charge in [0.25, 0.3) is 0 Å². The van der Waals surface area contributed by atoms with E-state index in [1.54, 1.807) is 11.8 Å². The average Bonchev–Trinajstić information content (AvgIpc) is 2.14. The summed E-state index contributed by atoms with van der Waals surface area (Å²) in [6.07, 6.45) is 0. The minimum absolute atomic E-state index is 0. The van der Waals surface area contributed by atoms with E-state index in [0.29, 0.717) is 11.9 Å². The highest BCUT2D eigenvalue weighted by molar-refractivity contribution is 8.14. The molecule has 0 aromatic carbocycles. The number of nitrogens with zero attached hydrogens (tertiary/aromatic N) is 1. The van der Waals surface area contributed by atoms with Crippen molar-refractivity contribution < 1.29 is 0 Å². The maximum Gasteiger partial charge on any atom is 0.0738 e. The molecule has 0 aliphatic carbocycles. The molecule has 9 heavy (non-hydrogen) atoms. The first-order chi connectivity index (χ1) is 3.83. The largest absolute Gasteiger partial charge is 0.278 e. The van der Waals surface area contributed by atoms with Gasteiger partial charge in [0.15, 0.2) is 0 Å². The third-order valence-electron chi connectivity index (χ3n) is 1.03. The molecule has 0 bridgehead atoms. The van der Waals surface area contributed by atoms with Gasteiger partial charge in [-0.3, -0.25) is 4.99 Å². The fraction of sp³-hybridized carbons (Fsp3) is 0.800. The van der Waals surface area contributed by atoms with Gasteiger partial charge in [-0.25, -0.2) is 0 Å². The van der Waals surface area contributed by atoms with Crippen molar-refractivity contribution in [2.45, 2.75) is 13.0 Å². The van der Waals surface area contributed by atoms with Crippen LogP contribution in [0.25, 0.3) is 0 Å². The summed E-state index contributed by atoms with van der Waals surface area (Å²) < 4.78 is 0. The normalized spacial score (nSPS) is 25.1. The molecule has 1 aliphatic heterocycles. The number of alkyl halides is 1. The number of aliphatic imine (C=N–C) groups is 1. The highest BCUT2D eigenvalue weighted by atomic mass is 35.5. The standard InChI is InChI=1S/C5H8ClNS.ClH/c1-4-7-5(2-6)3-8-4;/h5H,2-3H2,1H3;1H. The summed E-state index contributed by atoms with van der Waals surface area (Å²) in [5, 5.41) is 1.18. The minimum Gasteiger partial charge on any atom is -0.278 e. The van der Waals surface area contributed by atoms with E-state index in [-0.39, 0.29) is 12.4 Å². The molecule has 0 amide bonds. The molecular formula is C5H9Cl2NS. The molecule has 0 aromatic rings. The molecule has 1 heterocycles. The van der Waals surface area contributed by atoms with E-state index in [4.69, 9.17) is 11.6 Å². The summed E-state index contributed by atoms with van der Waals surface area (Å²) >= 11 is 7.35. The third kappa shape index (κ3) is 2.78. The summed E-state index contributed by atoms with van der Waals surface area (Å²) in [7, 11) is 0. The number of hydrogen-bond acceptors (Lipinski definition) is 2. The van der Waals surface area contributed by atoms with Crippen LogP contribution in [0.5, 0.6) is 0 Å². The van der Waals surface area contributed by atoms with Crippen LogP contribution in [0.4, 0.5) is 0 Å². The third-order valence-corrected chi connectivity index (χ3v) is 2.46. The van der Waals surface area contributed by atoms with E-state index < -0.39 is 0 Å². The first-order valence-corrected chi connectivity index (χ1v) is 4.08. The van der Waals surface area contributed by atoms with Gasteiger partial charge in [-0.15, -0.1) is 35.8 Å². The lowest BCUT2D eigenvalue weighted by atomic mass is 10.4. The Labute approximate surface area is 70.7 Å². The molecule has 0 fully saturated rings. The van der Waals surface area contributed by atoms with Gasteiger partial charge >= 0.3 is 0 Å². The Morgan fingerprint density at radius 2 is 2.56 bits per heavy atom. The van der Waals surface area contributed by atoms with Gasteiger partial charge in [-0.05, 0) is 6.92 Å². The van der Waals surface area contributed by atoms with Crippen molar-refractivity contribution >= 4 is 40.8 Å². The topological polar surface area (TPSA) is 12.4 Å². The predicted octanol–water partition coefficient (Wildman–Crippen LogP) is 2.18. The smallest absolute Gasteiger partial charge is 0.0738 e. The van der Waals surface area contributed by atoms with Crippen molar-refractivity contribution in [1.29, 1.82) is 0 Å². The van der Waals surface area contributed by atoms with Crippen molar-refractivity contribution in [2.75, 3.05) is 11.6 Å². The molecule has 1 atom stereocenters. The lowest BCUT2D eigenvalue weighted by Crippen LogP contribution is -2.03. The Balaban J connectivity index is 0.000000640. The van der Waals surface area contributed by atoms with Crippen LogP contribution >= 0.6 is 35.8 Å². The number of rotatable bonds is 1. The van der Waals surface area contributed by atoms with E-state index >= 15 is 0 Å². The van der Waals surface area contributed by atoms with Crippen molar-refractivity contribution in [3.63, 3.8) is 0 Å². The molecule has 54 valence electrons. The Bertz CT molecular complexity index is 116. The van der Waals surface area contributed by atoms with E-state index in [0.717, 1.165) is 5.75 Å². The zero-order valence-electron chi connectivity index (χ0n) is 5.13. The van der Waals surface area contributed by atoms with Crippen molar-refractivity contribution in [1.82, 2.24) is 0 Å². The number of hydrogen-bond donors (Lipinski definition) is 0. The summed E-state index contributed by atoms with van der Waals surface area (Å²) in [5.41, 5.74) is 0. The molecule has 0 N–H and O–H groups in total. The van der Waals surface area contributed by atoms with E-state index in [9.17, 15) is 0 Å². The predicted molar refractivity (Wildman–Crippen MR) is 47.3 cm³/mol. The molecular weight excluding hydrogens is 177 g/mol. The molecule has 4 heteroatoms. The van der Waals surface area contributed by atoms with Crippen LogP contribution in [0.2, 0.25) is 0 Å². The highest BCUT2D eigenvalue weighted by Gasteiger charge is 2.12. The fourth-order valence-electron chi connectivity index (χ4n) is 0.627. The first kappa shape index (κ1) is 9.60. The lowest BCUT2D eigenvalue weighted by Gasteiger charge is -1.94. The van der Waals surface area contributed by atoms with Crippen LogP contribution in [0, 0.1) is 0 Å². The monoisotopic (exact) mass is 185 g/mol. The quantitative estimate of drug-likeness (QED) is 0.571. The van der Waals surface area contributed by atoms with E-state index in [1.807, 2.05) is 6.92 Å². The fourth-order valence-corrected chi connectivity index (χ4v) is 1.78. The molecule has 0 saturated heterocycles. The van der Waals surface area contributed by atoms with Crippen molar-refractivity contribution in [3.8, 4) is 0 Å². The second kappa shape index (κ2) is 4.42. The van der Waals surface area contributed by atoms with Crippen LogP contribution in [-0.2, 0) is 0 Å². The van der Waals surface area contributed by atoms with E-state index in [2.05, 4.69) is 4.99 Å². The molecule has 1 rings (SSSR count). The first-order valence-electron chi connectivity index (χ1n) is 2.56. The average molecular weight is 186 g/mol. The minimum atomic E-state index is 0. The Hall–Kier alpha value is 0.600. The summed E-state index contributed by atoms with van der Waals surface area (Å²) in [4.78, 5) is 4.25. The molecule has 0 radical (unpaired) electrons. The van der Waals surface area contributed by atoms with Crippen LogP contribution in [0.1, 0.15) is 6.92 Å². The Morgan fingerprint density at radius 3 is 2.78 bits per heavy atom. The van der Waals surface area contributed by atoms with Crippen LogP contribution in [0.15, 0.2) is 4.99 Å². The van der Waals surface area contributed by atoms with Gasteiger partial charge in [0, 0.05) is 11.6 Å². The van der Waals surface area contributed by atoms with Crippen LogP contribution in [-0.4, -0.2) is 22.7 Å². The van der Waals surface area contributed by atoms with Crippen molar-refractivity contribution in [2.24, 2.45) is 4.99 Å². The second-order valence-electron chi connectivity index (χ2n) is 1.77. The Morgan fingerprint density at radius 1 is 1.89 bits per heavy atom. The number of halogens is 2. The van der Waals surface area contributed by atoms with Gasteiger partial charge < -0.3 is 0 Å². The zero-order chi connectivity index (χ0) is 5.98. The van der Waals surface area contributed by atoms with Gasteiger partial charge in [0.05, 0.1) is 11.1 Å². The zero-order valence-corrected chi connectivity index (χ0v) is 7.52. The lowest BCUT2D eigenvalue weighted by molar-refractivity contribution is 0.873. The maximum absolute atomic E-state index is 5.55. The summed E-state index contributed by atoms with van der Waals surface area (Å²) in [6.45, 7) is 2.03. The Kier molecular flexibility index (Phi) is 4.72. The second-order valence-corrected chi connectivity index (χ2v) is 3.29. The molecule has 0 aromatic heterocycles. The van der Waals surface area contributed by atoms with Gasteiger partial charge in [-0.2, -0.15) is 0 Å². The van der Waals surface area contributed by atoms with Crippen LogP contribution in [0.3, 0.4) is 0 Å². The molecule has 0 spiro atoms. The van der Waals surface area contributed by atoms with Gasteiger partial charge in [0.2, 0.25) is 0 Å². The van der Waals surface area contributed by atoms with Crippen molar-refractivity contribution in [3.05, 3.63) is 0 Å².